The Morgan fingerprint density at radius 3 is 2.44 bits per heavy atom. The Morgan fingerprint density at radius 2 is 1.94 bits per heavy atom. The summed E-state index contributed by atoms with van der Waals surface area (Å²) in [6.07, 6.45) is 1.37. The predicted molar refractivity (Wildman–Crippen MR) is 62.0 cm³/mol. The third-order valence-corrected chi connectivity index (χ3v) is 2.15. The molecule has 0 heterocycles. The number of esters is 1. The van der Waals surface area contributed by atoms with Crippen LogP contribution in [0.4, 0.5) is 0 Å². The summed E-state index contributed by atoms with van der Waals surface area (Å²) in [4.78, 5) is 24.3. The molecule has 0 aromatic rings. The second kappa shape index (κ2) is 9.15. The van der Waals surface area contributed by atoms with Gasteiger partial charge in [0, 0.05) is 19.5 Å². The van der Waals surface area contributed by atoms with E-state index in [9.17, 15) is 9.59 Å². The molecule has 94 valence electrons. The Morgan fingerprint density at radius 1 is 1.25 bits per heavy atom. The quantitative estimate of drug-likeness (QED) is 0.613. The van der Waals surface area contributed by atoms with Gasteiger partial charge >= 0.3 is 5.97 Å². The van der Waals surface area contributed by atoms with Gasteiger partial charge in [-0.3, -0.25) is 14.5 Å². The van der Waals surface area contributed by atoms with Gasteiger partial charge < -0.3 is 10.1 Å². The molecule has 0 bridgehead atoms. The van der Waals surface area contributed by atoms with Crippen LogP contribution in [0, 0.1) is 0 Å². The Balaban J connectivity index is 3.92. The van der Waals surface area contributed by atoms with Crippen LogP contribution in [0.2, 0.25) is 0 Å². The summed E-state index contributed by atoms with van der Waals surface area (Å²) in [5, 5.41) is 2.73. The van der Waals surface area contributed by atoms with Crippen molar-refractivity contribution in [1.29, 1.82) is 0 Å². The number of amides is 1. The fraction of sp³-hybridized carbons (Fsp3) is 0.818. The van der Waals surface area contributed by atoms with Gasteiger partial charge in [0.15, 0.2) is 0 Å². The summed E-state index contributed by atoms with van der Waals surface area (Å²) in [5.41, 5.74) is 0. The van der Waals surface area contributed by atoms with Gasteiger partial charge in [0.25, 0.3) is 0 Å². The van der Waals surface area contributed by atoms with Gasteiger partial charge in [-0.05, 0) is 19.9 Å². The molecule has 0 fully saturated rings. The summed E-state index contributed by atoms with van der Waals surface area (Å²) in [5.74, 6) is -0.238. The van der Waals surface area contributed by atoms with E-state index in [1.807, 2.05) is 18.7 Å². The normalized spacial score (nSPS) is 10.2. The summed E-state index contributed by atoms with van der Waals surface area (Å²) in [7, 11) is 1.37. The minimum Gasteiger partial charge on any atom is -0.468 e. The first-order valence-corrected chi connectivity index (χ1v) is 5.69. The van der Waals surface area contributed by atoms with Crippen LogP contribution in [-0.4, -0.2) is 50.1 Å². The summed E-state index contributed by atoms with van der Waals surface area (Å²) >= 11 is 0. The molecule has 0 aliphatic rings. The lowest BCUT2D eigenvalue weighted by molar-refractivity contribution is -0.142. The van der Waals surface area contributed by atoms with Crippen LogP contribution < -0.4 is 5.32 Å². The van der Waals surface area contributed by atoms with Crippen LogP contribution >= 0.6 is 0 Å². The van der Waals surface area contributed by atoms with E-state index >= 15 is 0 Å². The number of methoxy groups -OCH3 is 1. The molecule has 1 amide bonds. The van der Waals surface area contributed by atoms with Gasteiger partial charge in [0.1, 0.15) is 0 Å². The van der Waals surface area contributed by atoms with Crippen LogP contribution in [0.1, 0.15) is 26.7 Å². The van der Waals surface area contributed by atoms with Crippen LogP contribution in [0.25, 0.3) is 0 Å². The average Bonchev–Trinajstić information content (AvgIpc) is 2.26. The van der Waals surface area contributed by atoms with Crippen LogP contribution in [-0.2, 0) is 14.3 Å². The first-order valence-electron chi connectivity index (χ1n) is 5.69. The van der Waals surface area contributed by atoms with E-state index in [4.69, 9.17) is 0 Å². The second-order valence-electron chi connectivity index (χ2n) is 3.56. The zero-order chi connectivity index (χ0) is 12.4. The average molecular weight is 230 g/mol. The van der Waals surface area contributed by atoms with Crippen molar-refractivity contribution in [2.24, 2.45) is 0 Å². The van der Waals surface area contributed by atoms with Gasteiger partial charge in [-0.1, -0.05) is 6.92 Å². The largest absolute Gasteiger partial charge is 0.468 e. The fourth-order valence-corrected chi connectivity index (χ4v) is 1.38. The second-order valence-corrected chi connectivity index (χ2v) is 3.56. The first kappa shape index (κ1) is 14.9. The molecule has 0 saturated carbocycles. The number of ether oxygens (including phenoxy) is 1. The Labute approximate surface area is 97.1 Å². The molecule has 0 unspecified atom stereocenters. The fourth-order valence-electron chi connectivity index (χ4n) is 1.38. The molecule has 0 saturated heterocycles. The van der Waals surface area contributed by atoms with E-state index in [1.54, 1.807) is 0 Å². The molecule has 5 heteroatoms. The molecule has 16 heavy (non-hydrogen) atoms. The van der Waals surface area contributed by atoms with Crippen molar-refractivity contribution in [2.75, 3.05) is 33.3 Å². The highest BCUT2D eigenvalue weighted by Gasteiger charge is 2.11. The highest BCUT2D eigenvalue weighted by molar-refractivity contribution is 5.76. The minimum absolute atomic E-state index is 0.0217. The topological polar surface area (TPSA) is 58.6 Å². The number of carbonyl (C=O) groups is 2. The van der Waals surface area contributed by atoms with Crippen molar-refractivity contribution in [3.8, 4) is 0 Å². The van der Waals surface area contributed by atoms with Gasteiger partial charge in [0.2, 0.25) is 5.91 Å². The highest BCUT2D eigenvalue weighted by atomic mass is 16.5. The maximum atomic E-state index is 11.3. The molecular weight excluding hydrogens is 208 g/mol. The minimum atomic E-state index is -0.260. The van der Waals surface area contributed by atoms with Gasteiger partial charge in [0.05, 0.1) is 13.7 Å². The lowest BCUT2D eigenvalue weighted by atomic mass is 10.3. The number of carbonyl (C=O) groups excluding carboxylic acids is 2. The van der Waals surface area contributed by atoms with E-state index < -0.39 is 0 Å². The number of hydrogen-bond donors (Lipinski definition) is 1. The van der Waals surface area contributed by atoms with E-state index in [1.165, 1.54) is 7.11 Å². The summed E-state index contributed by atoms with van der Waals surface area (Å²) < 4.78 is 4.60. The number of rotatable bonds is 8. The van der Waals surface area contributed by atoms with Crippen molar-refractivity contribution < 1.29 is 14.3 Å². The standard InChI is InChI=1S/C11H22N2O3/c1-4-7-13(9-11(15)16-3)8-6-10(14)12-5-2/h4-9H2,1-3H3,(H,12,14). The molecule has 0 aromatic heterocycles. The molecule has 0 aliphatic carbocycles. The maximum Gasteiger partial charge on any atom is 0.319 e. The number of nitrogens with zero attached hydrogens (tertiary/aromatic N) is 1. The van der Waals surface area contributed by atoms with Crippen molar-refractivity contribution in [3.05, 3.63) is 0 Å². The number of hydrogen-bond acceptors (Lipinski definition) is 4. The molecule has 0 aromatic carbocycles. The SMILES string of the molecule is CCCN(CCC(=O)NCC)CC(=O)OC. The number of nitrogens with one attached hydrogen (secondary N) is 1. The van der Waals surface area contributed by atoms with E-state index in [0.717, 1.165) is 13.0 Å². The van der Waals surface area contributed by atoms with Crippen LogP contribution in [0.3, 0.4) is 0 Å². The molecule has 0 aliphatic heterocycles. The van der Waals surface area contributed by atoms with Crippen molar-refractivity contribution in [2.45, 2.75) is 26.7 Å². The third kappa shape index (κ3) is 7.23. The molecule has 1 N–H and O–H groups in total. The van der Waals surface area contributed by atoms with E-state index in [2.05, 4.69) is 10.1 Å². The monoisotopic (exact) mass is 230 g/mol. The van der Waals surface area contributed by atoms with Gasteiger partial charge in [-0.15, -0.1) is 0 Å². The zero-order valence-electron chi connectivity index (χ0n) is 10.4. The van der Waals surface area contributed by atoms with Crippen molar-refractivity contribution in [1.82, 2.24) is 10.2 Å². The third-order valence-electron chi connectivity index (χ3n) is 2.15. The summed E-state index contributed by atoms with van der Waals surface area (Å²) in [6.45, 7) is 6.21. The van der Waals surface area contributed by atoms with Crippen LogP contribution in [0.15, 0.2) is 0 Å². The lowest BCUT2D eigenvalue weighted by Gasteiger charge is -2.19. The highest BCUT2D eigenvalue weighted by Crippen LogP contribution is 1.95. The van der Waals surface area contributed by atoms with Crippen molar-refractivity contribution in [3.63, 3.8) is 0 Å². The van der Waals surface area contributed by atoms with Gasteiger partial charge in [-0.2, -0.15) is 0 Å². The van der Waals surface area contributed by atoms with E-state index in [-0.39, 0.29) is 18.4 Å². The molecule has 0 spiro atoms. The molecule has 0 radical (unpaired) electrons. The predicted octanol–water partition coefficient (Wildman–Crippen LogP) is 0.398. The van der Waals surface area contributed by atoms with Gasteiger partial charge in [-0.25, -0.2) is 0 Å². The first-order chi connectivity index (χ1) is 7.63. The smallest absolute Gasteiger partial charge is 0.319 e. The summed E-state index contributed by atoms with van der Waals surface area (Å²) in [6, 6.07) is 0. The molecule has 0 rings (SSSR count). The lowest BCUT2D eigenvalue weighted by Crippen LogP contribution is -2.35. The van der Waals surface area contributed by atoms with E-state index in [0.29, 0.717) is 19.5 Å². The molecule has 5 nitrogen and oxygen atoms in total. The molecular formula is C11H22N2O3. The van der Waals surface area contributed by atoms with Crippen LogP contribution in [0.5, 0.6) is 0 Å². The Bertz CT molecular complexity index is 219. The Kier molecular flexibility index (Phi) is 8.52. The van der Waals surface area contributed by atoms with Crippen molar-refractivity contribution >= 4 is 11.9 Å². The maximum absolute atomic E-state index is 11.3. The zero-order valence-corrected chi connectivity index (χ0v) is 10.4. The molecule has 0 atom stereocenters. The Hall–Kier alpha value is -1.10.